The molecule has 0 saturated carbocycles. The molecule has 0 rings (SSSR count). The first kappa shape index (κ1) is 23.2. The lowest BCUT2D eigenvalue weighted by atomic mass is 10.1. The predicted molar refractivity (Wildman–Crippen MR) is 94.6 cm³/mol. The number of carboxylic acid groups (broad SMARTS) is 2. The van der Waals surface area contributed by atoms with Crippen LogP contribution in [0.25, 0.3) is 0 Å². The van der Waals surface area contributed by atoms with E-state index in [1.165, 1.54) is 0 Å². The van der Waals surface area contributed by atoms with Crippen LogP contribution in [0.3, 0.4) is 0 Å². The van der Waals surface area contributed by atoms with Crippen LogP contribution < -0.4 is 16.0 Å². The highest BCUT2D eigenvalue weighted by Crippen LogP contribution is 2.01. The number of nitrogens with one attached hydrogen (secondary N) is 3. The van der Waals surface area contributed by atoms with Gasteiger partial charge in [0.1, 0.15) is 18.6 Å². The van der Waals surface area contributed by atoms with Crippen molar-refractivity contribution in [2.45, 2.75) is 51.1 Å². The fraction of sp³-hybridized carbons (Fsp3) is 0.733. The number of carbonyl (C=O) groups excluding carboxylic acids is 2. The third-order valence-electron chi connectivity index (χ3n) is 3.38. The zero-order chi connectivity index (χ0) is 19.2. The van der Waals surface area contributed by atoms with Gasteiger partial charge in [0.2, 0.25) is 11.8 Å². The number of aliphatic carboxylic acids is 2. The van der Waals surface area contributed by atoms with Gasteiger partial charge in [0.15, 0.2) is 0 Å². The van der Waals surface area contributed by atoms with Gasteiger partial charge in [0.05, 0.1) is 0 Å². The molecule has 0 aromatic carbocycles. The van der Waals surface area contributed by atoms with Gasteiger partial charge < -0.3 is 26.2 Å². The Bertz CT molecular complexity index is 461. The molecule has 10 heteroatoms. The average Bonchev–Trinajstić information content (AvgIpc) is 2.56. The lowest BCUT2D eigenvalue weighted by Crippen LogP contribution is -2.49. The minimum absolute atomic E-state index is 0.00514. The van der Waals surface area contributed by atoms with Crippen LogP contribution >= 0.6 is 12.6 Å². The summed E-state index contributed by atoms with van der Waals surface area (Å²) >= 11 is 3.95. The number of amides is 2. The zero-order valence-corrected chi connectivity index (χ0v) is 15.2. The maximum absolute atomic E-state index is 11.9. The number of carbonyl (C=O) groups is 4. The molecule has 0 unspecified atom stereocenters. The van der Waals surface area contributed by atoms with Crippen molar-refractivity contribution in [2.75, 3.05) is 18.8 Å². The van der Waals surface area contributed by atoms with E-state index in [4.69, 9.17) is 10.2 Å². The second-order valence-corrected chi connectivity index (χ2v) is 5.87. The molecule has 0 aliphatic carbocycles. The topological polar surface area (TPSA) is 145 Å². The van der Waals surface area contributed by atoms with Crippen molar-refractivity contribution in [3.8, 4) is 0 Å². The van der Waals surface area contributed by atoms with E-state index in [1.54, 1.807) is 0 Å². The fourth-order valence-electron chi connectivity index (χ4n) is 1.99. The third-order valence-corrected chi connectivity index (χ3v) is 3.74. The summed E-state index contributed by atoms with van der Waals surface area (Å²) in [6.45, 7) is 2.05. The average molecular weight is 377 g/mol. The first-order chi connectivity index (χ1) is 11.8. The Balaban J connectivity index is 4.32. The SMILES string of the molecule is CCCCCN[C@@H](CCC(=O)N[C@@H](CS)C(=O)NCC(=O)O)C(=O)O. The van der Waals surface area contributed by atoms with E-state index in [9.17, 15) is 19.2 Å². The molecule has 0 spiro atoms. The molecule has 0 radical (unpaired) electrons. The number of thiol groups is 1. The summed E-state index contributed by atoms with van der Waals surface area (Å²) in [7, 11) is 0. The van der Waals surface area contributed by atoms with Crippen LogP contribution in [0.15, 0.2) is 0 Å². The minimum atomic E-state index is -1.20. The molecule has 0 heterocycles. The Morgan fingerprint density at radius 2 is 1.76 bits per heavy atom. The Hall–Kier alpha value is -1.81. The molecule has 2 atom stereocenters. The van der Waals surface area contributed by atoms with Gasteiger partial charge in [-0.3, -0.25) is 19.2 Å². The number of hydrogen-bond donors (Lipinski definition) is 6. The van der Waals surface area contributed by atoms with Crippen LogP contribution in [0, 0.1) is 0 Å². The van der Waals surface area contributed by atoms with Gasteiger partial charge >= 0.3 is 11.9 Å². The number of rotatable bonds is 14. The second-order valence-electron chi connectivity index (χ2n) is 5.50. The molecule has 9 nitrogen and oxygen atoms in total. The summed E-state index contributed by atoms with van der Waals surface area (Å²) in [5.74, 6) is -3.39. The highest BCUT2D eigenvalue weighted by molar-refractivity contribution is 7.80. The van der Waals surface area contributed by atoms with Crippen LogP contribution in [0.2, 0.25) is 0 Å². The van der Waals surface area contributed by atoms with E-state index in [0.717, 1.165) is 19.3 Å². The summed E-state index contributed by atoms with van der Waals surface area (Å²) in [5.41, 5.74) is 0. The number of hydrogen-bond acceptors (Lipinski definition) is 6. The van der Waals surface area contributed by atoms with Gasteiger partial charge in [-0.15, -0.1) is 0 Å². The smallest absolute Gasteiger partial charge is 0.322 e. The Kier molecular flexibility index (Phi) is 12.5. The molecule has 0 saturated heterocycles. The lowest BCUT2D eigenvalue weighted by Gasteiger charge is -2.17. The standard InChI is InChI=1S/C15H27N3O6S/c1-2-3-4-7-16-10(15(23)24)5-6-12(19)18-11(9-25)14(22)17-8-13(20)21/h10-11,16,25H,2-9H2,1H3,(H,17,22)(H,18,19)(H,20,21)(H,23,24)/t10-,11-/m0/s1. The van der Waals surface area contributed by atoms with E-state index in [2.05, 4.69) is 28.6 Å². The summed E-state index contributed by atoms with van der Waals surface area (Å²) in [6, 6.07) is -1.81. The largest absolute Gasteiger partial charge is 0.480 e. The fourth-order valence-corrected chi connectivity index (χ4v) is 2.24. The quantitative estimate of drug-likeness (QED) is 0.179. The normalized spacial score (nSPS) is 12.9. The molecule has 144 valence electrons. The van der Waals surface area contributed by atoms with Crippen molar-refractivity contribution >= 4 is 36.4 Å². The molecule has 0 aliphatic heterocycles. The van der Waals surface area contributed by atoms with Gasteiger partial charge in [-0.2, -0.15) is 12.6 Å². The summed E-state index contributed by atoms with van der Waals surface area (Å²) < 4.78 is 0. The number of unbranched alkanes of at least 4 members (excludes halogenated alkanes) is 2. The van der Waals surface area contributed by atoms with Crippen molar-refractivity contribution in [1.82, 2.24) is 16.0 Å². The summed E-state index contributed by atoms with van der Waals surface area (Å²) in [6.07, 6.45) is 2.89. The Morgan fingerprint density at radius 3 is 2.28 bits per heavy atom. The van der Waals surface area contributed by atoms with Crippen LogP contribution in [-0.2, 0) is 19.2 Å². The molecule has 0 aromatic rings. The first-order valence-electron chi connectivity index (χ1n) is 8.17. The highest BCUT2D eigenvalue weighted by atomic mass is 32.1. The van der Waals surface area contributed by atoms with Gasteiger partial charge in [0, 0.05) is 12.2 Å². The molecular formula is C15H27N3O6S. The lowest BCUT2D eigenvalue weighted by molar-refractivity contribution is -0.140. The van der Waals surface area contributed by atoms with Crippen molar-refractivity contribution in [3.05, 3.63) is 0 Å². The molecular weight excluding hydrogens is 350 g/mol. The molecule has 0 aromatic heterocycles. The van der Waals surface area contributed by atoms with Crippen molar-refractivity contribution in [3.63, 3.8) is 0 Å². The van der Waals surface area contributed by atoms with Crippen molar-refractivity contribution < 1.29 is 29.4 Å². The summed E-state index contributed by atoms with van der Waals surface area (Å²) in [5, 5.41) is 25.1. The van der Waals surface area contributed by atoms with Crippen LogP contribution in [-0.4, -0.2) is 64.9 Å². The molecule has 0 bridgehead atoms. The van der Waals surface area contributed by atoms with Crippen LogP contribution in [0.4, 0.5) is 0 Å². The second kappa shape index (κ2) is 13.5. The van der Waals surface area contributed by atoms with E-state index in [-0.39, 0.29) is 18.6 Å². The molecule has 25 heavy (non-hydrogen) atoms. The molecule has 5 N–H and O–H groups in total. The molecule has 0 fully saturated rings. The monoisotopic (exact) mass is 377 g/mol. The van der Waals surface area contributed by atoms with E-state index < -0.39 is 42.4 Å². The Labute approximate surface area is 152 Å². The highest BCUT2D eigenvalue weighted by Gasteiger charge is 2.22. The van der Waals surface area contributed by atoms with Gasteiger partial charge in [-0.05, 0) is 19.4 Å². The summed E-state index contributed by atoms with van der Waals surface area (Å²) in [4.78, 5) is 45.2. The van der Waals surface area contributed by atoms with E-state index in [0.29, 0.717) is 6.54 Å². The van der Waals surface area contributed by atoms with Crippen molar-refractivity contribution in [1.29, 1.82) is 0 Å². The third kappa shape index (κ3) is 11.4. The maximum atomic E-state index is 11.9. The van der Waals surface area contributed by atoms with Crippen LogP contribution in [0.1, 0.15) is 39.0 Å². The maximum Gasteiger partial charge on any atom is 0.322 e. The van der Waals surface area contributed by atoms with Crippen LogP contribution in [0.5, 0.6) is 0 Å². The van der Waals surface area contributed by atoms with Crippen molar-refractivity contribution in [2.24, 2.45) is 0 Å². The Morgan fingerprint density at radius 1 is 1.08 bits per heavy atom. The van der Waals surface area contributed by atoms with E-state index in [1.807, 2.05) is 6.92 Å². The van der Waals surface area contributed by atoms with Gasteiger partial charge in [-0.1, -0.05) is 19.8 Å². The zero-order valence-electron chi connectivity index (χ0n) is 14.3. The van der Waals surface area contributed by atoms with Gasteiger partial charge in [-0.25, -0.2) is 0 Å². The molecule has 0 aliphatic rings. The van der Waals surface area contributed by atoms with E-state index >= 15 is 0 Å². The first-order valence-corrected chi connectivity index (χ1v) is 8.80. The van der Waals surface area contributed by atoms with Gasteiger partial charge in [0.25, 0.3) is 0 Å². The predicted octanol–water partition coefficient (Wildman–Crippen LogP) is -0.385. The number of carboxylic acids is 2. The minimum Gasteiger partial charge on any atom is -0.480 e. The molecule has 2 amide bonds.